The molecule has 9 heteroatoms. The van der Waals surface area contributed by atoms with E-state index in [-0.39, 0.29) is 26.9 Å². The molecule has 0 aliphatic rings. The quantitative estimate of drug-likeness (QED) is 0.232. The largest absolute Gasteiger partial charge is 1.00 e. The molecule has 1 aromatic carbocycles. The fraction of sp³-hybridized carbons (Fsp3) is 0.333. The van der Waals surface area contributed by atoms with Gasteiger partial charge in [0.15, 0.2) is 0 Å². The number of nitrogens with one attached hydrogen (secondary N) is 1. The van der Waals surface area contributed by atoms with Gasteiger partial charge in [-0.2, -0.15) is 8.42 Å². The van der Waals surface area contributed by atoms with Gasteiger partial charge in [0.2, 0.25) is 0 Å². The summed E-state index contributed by atoms with van der Waals surface area (Å²) in [6, 6.07) is 5.72. The van der Waals surface area contributed by atoms with E-state index in [4.69, 9.17) is 28.4 Å². The molecule has 0 atom stereocenters. The van der Waals surface area contributed by atoms with E-state index in [1.807, 2.05) is 25.1 Å². The molecule has 100 valence electrons. The van der Waals surface area contributed by atoms with Gasteiger partial charge in [-0.3, -0.25) is 9.11 Å². The van der Waals surface area contributed by atoms with E-state index in [0.29, 0.717) is 6.54 Å². The Morgan fingerprint density at radius 2 is 1.89 bits per heavy atom. The van der Waals surface area contributed by atoms with Gasteiger partial charge >= 0.3 is 29.3 Å². The number of hydrogen-bond donors (Lipinski definition) is 5. The van der Waals surface area contributed by atoms with Crippen LogP contribution >= 0.6 is 0 Å². The van der Waals surface area contributed by atoms with Crippen molar-refractivity contribution in [2.24, 2.45) is 0 Å². The van der Waals surface area contributed by atoms with Gasteiger partial charge < -0.3 is 17.6 Å². The summed E-state index contributed by atoms with van der Waals surface area (Å²) in [5.41, 5.74) is 8.49. The molecule has 0 unspecified atom stereocenters. The van der Waals surface area contributed by atoms with Crippen LogP contribution in [-0.2, 0) is 10.4 Å². The topological polar surface area (TPSA) is 133 Å². The van der Waals surface area contributed by atoms with Gasteiger partial charge in [-0.15, -0.1) is 0 Å². The zero-order valence-corrected chi connectivity index (χ0v) is 11.1. The number of nitrogen functional groups attached to an aromatic ring is 1. The number of nitrogens with two attached hydrogens (primary N) is 1. The van der Waals surface area contributed by atoms with Crippen LogP contribution in [0.15, 0.2) is 18.2 Å². The maximum atomic E-state index is 8.74. The van der Waals surface area contributed by atoms with Crippen LogP contribution in [0.25, 0.3) is 0 Å². The van der Waals surface area contributed by atoms with E-state index in [9.17, 15) is 0 Å². The van der Waals surface area contributed by atoms with E-state index < -0.39 is 10.4 Å². The van der Waals surface area contributed by atoms with E-state index in [1.54, 1.807) is 0 Å². The molecule has 0 saturated heterocycles. The third-order valence-electron chi connectivity index (χ3n) is 1.71. The second-order valence-corrected chi connectivity index (χ2v) is 4.07. The van der Waals surface area contributed by atoms with Crippen LogP contribution in [0.1, 0.15) is 6.99 Å². The summed E-state index contributed by atoms with van der Waals surface area (Å²) in [5, 5.41) is 11.6. The molecule has 0 spiro atoms. The number of aliphatic hydroxyl groups excluding tert-OH is 1. The second kappa shape index (κ2) is 9.21. The van der Waals surface area contributed by atoms with E-state index >= 15 is 0 Å². The van der Waals surface area contributed by atoms with E-state index in [2.05, 4.69) is 5.32 Å². The predicted octanol–water partition coefficient (Wildman–Crippen LogP) is -2.55. The zero-order valence-electron chi connectivity index (χ0n) is 11.3. The Morgan fingerprint density at radius 1 is 1.39 bits per heavy atom. The van der Waals surface area contributed by atoms with Crippen molar-refractivity contribution in [3.63, 3.8) is 0 Å². The Balaban J connectivity index is -0.000000320. The Bertz CT molecular complexity index is 450. The number of rotatable bonds is 3. The van der Waals surface area contributed by atoms with Gasteiger partial charge in [0.25, 0.3) is 0 Å². The average molecular weight is 272 g/mol. The normalized spacial score (nSPS) is 9.78. The van der Waals surface area contributed by atoms with E-state index in [1.165, 1.54) is 0 Å². The van der Waals surface area contributed by atoms with Gasteiger partial charge in [0.05, 0.1) is 6.61 Å². The summed E-state index contributed by atoms with van der Waals surface area (Å²) in [5.74, 6) is 0. The molecule has 0 heterocycles. The molecule has 18 heavy (non-hydrogen) atoms. The third-order valence-corrected chi connectivity index (χ3v) is 1.71. The second-order valence-electron chi connectivity index (χ2n) is 3.17. The van der Waals surface area contributed by atoms with Crippen molar-refractivity contribution >= 4 is 21.8 Å². The number of anilines is 2. The van der Waals surface area contributed by atoms with Crippen molar-refractivity contribution in [3.05, 3.63) is 23.8 Å². The zero-order chi connectivity index (χ0) is 13.5. The standard InChI is InChI=1S/C9H14N2O.Li.H2O4S.H/c1-7-6-8(11-4-5-12)2-3-9(7)10;;1-5(2,3)4;/h2-3,6,11-12H,4-5,10H2,1H3;;(H2,1,2,3,4);/q;+1;;-1. The van der Waals surface area contributed by atoms with Gasteiger partial charge in [-0.05, 0) is 30.7 Å². The van der Waals surface area contributed by atoms with Gasteiger partial charge in [0.1, 0.15) is 0 Å². The fourth-order valence-corrected chi connectivity index (χ4v) is 0.986. The molecule has 0 radical (unpaired) electrons. The van der Waals surface area contributed by atoms with Crippen LogP contribution in [0, 0.1) is 6.92 Å². The van der Waals surface area contributed by atoms with E-state index in [0.717, 1.165) is 16.9 Å². The van der Waals surface area contributed by atoms with Crippen LogP contribution in [0.2, 0.25) is 0 Å². The summed E-state index contributed by atoms with van der Waals surface area (Å²) in [4.78, 5) is 0. The molecule has 0 aliphatic carbocycles. The van der Waals surface area contributed by atoms with Gasteiger partial charge in [-0.1, -0.05) is 0 Å². The summed E-state index contributed by atoms with van der Waals surface area (Å²) in [6.45, 7) is 2.67. The predicted molar refractivity (Wildman–Crippen MR) is 66.5 cm³/mol. The number of aliphatic hydroxyl groups is 1. The molecule has 6 N–H and O–H groups in total. The molecule has 0 aromatic heterocycles. The SMILES string of the molecule is Cc1cc(NCCO)ccc1N.O=S(=O)(O)O.[H-].[Li+]. The van der Waals surface area contributed by atoms with Crippen LogP contribution in [0.5, 0.6) is 0 Å². The monoisotopic (exact) mass is 272 g/mol. The number of hydrogen-bond acceptors (Lipinski definition) is 5. The third kappa shape index (κ3) is 11.7. The molecular formula is C9H17LiN2O5S. The van der Waals surface area contributed by atoms with Crippen LogP contribution in [-0.4, -0.2) is 35.8 Å². The van der Waals surface area contributed by atoms with Gasteiger partial charge in [-0.25, -0.2) is 0 Å². The minimum atomic E-state index is -4.67. The summed E-state index contributed by atoms with van der Waals surface area (Å²) in [6.07, 6.45) is 0. The van der Waals surface area contributed by atoms with Crippen molar-refractivity contribution in [1.82, 2.24) is 0 Å². The Morgan fingerprint density at radius 3 is 2.28 bits per heavy atom. The minimum Gasteiger partial charge on any atom is -1.00 e. The first-order chi connectivity index (χ1) is 7.74. The molecule has 1 rings (SSSR count). The first-order valence-corrected chi connectivity index (χ1v) is 6.04. The molecule has 0 saturated carbocycles. The summed E-state index contributed by atoms with van der Waals surface area (Å²) >= 11 is 0. The minimum absolute atomic E-state index is 0. The Labute approximate surface area is 120 Å². The molecule has 7 nitrogen and oxygen atoms in total. The first-order valence-electron chi connectivity index (χ1n) is 4.64. The van der Waals surface area contributed by atoms with Crippen molar-refractivity contribution in [3.8, 4) is 0 Å². The number of aryl methyl sites for hydroxylation is 1. The first kappa shape index (κ1) is 19.6. The van der Waals surface area contributed by atoms with Gasteiger partial charge in [0, 0.05) is 17.9 Å². The van der Waals surface area contributed by atoms with Crippen LogP contribution in [0.4, 0.5) is 11.4 Å². The Hall–Kier alpha value is -0.753. The van der Waals surface area contributed by atoms with Crippen LogP contribution < -0.4 is 29.9 Å². The Kier molecular flexibility index (Phi) is 10.0. The maximum absolute atomic E-state index is 8.74. The fourth-order valence-electron chi connectivity index (χ4n) is 0.986. The number of benzene rings is 1. The smallest absolute Gasteiger partial charge is 1.00 e. The maximum Gasteiger partial charge on any atom is 1.00 e. The van der Waals surface area contributed by atoms with Crippen molar-refractivity contribution in [2.45, 2.75) is 6.92 Å². The molecular weight excluding hydrogens is 255 g/mol. The molecule has 0 aliphatic heterocycles. The van der Waals surface area contributed by atoms with Crippen molar-refractivity contribution < 1.29 is 42.9 Å². The summed E-state index contributed by atoms with van der Waals surface area (Å²) in [7, 11) is -4.67. The van der Waals surface area contributed by atoms with Crippen LogP contribution in [0.3, 0.4) is 0 Å². The average Bonchev–Trinajstić information content (AvgIpc) is 2.17. The molecule has 0 bridgehead atoms. The summed E-state index contributed by atoms with van der Waals surface area (Å²) < 4.78 is 31.6. The van der Waals surface area contributed by atoms with Crippen molar-refractivity contribution in [2.75, 3.05) is 24.2 Å². The molecule has 1 aromatic rings. The molecule has 0 fully saturated rings. The molecule has 0 amide bonds. The van der Waals surface area contributed by atoms with Crippen molar-refractivity contribution in [1.29, 1.82) is 0 Å².